The van der Waals surface area contributed by atoms with E-state index in [-0.39, 0.29) is 5.91 Å². The van der Waals surface area contributed by atoms with E-state index >= 15 is 0 Å². The topological polar surface area (TPSA) is 54.0 Å². The number of unbranched alkanes of at least 4 members (excludes halogenated alkanes) is 3. The van der Waals surface area contributed by atoms with Gasteiger partial charge in [0.15, 0.2) is 0 Å². The molecule has 0 saturated heterocycles. The molecule has 0 aliphatic carbocycles. The molecular formula is C15H24ClN3O. The minimum atomic E-state index is -0.0923. The van der Waals surface area contributed by atoms with Gasteiger partial charge in [-0.25, -0.2) is 4.98 Å². The van der Waals surface area contributed by atoms with Crippen LogP contribution in [-0.2, 0) is 0 Å². The largest absolute Gasteiger partial charge is 0.370 e. The van der Waals surface area contributed by atoms with E-state index in [0.29, 0.717) is 23.1 Å². The molecule has 0 fully saturated rings. The first kappa shape index (κ1) is 16.8. The summed E-state index contributed by atoms with van der Waals surface area (Å²) in [7, 11) is 0. The fourth-order valence-electron chi connectivity index (χ4n) is 1.83. The molecule has 20 heavy (non-hydrogen) atoms. The number of aromatic nitrogens is 1. The molecule has 0 aliphatic heterocycles. The number of halogens is 1. The van der Waals surface area contributed by atoms with Crippen LogP contribution in [0.3, 0.4) is 0 Å². The van der Waals surface area contributed by atoms with Crippen LogP contribution in [0.15, 0.2) is 12.1 Å². The van der Waals surface area contributed by atoms with Gasteiger partial charge >= 0.3 is 0 Å². The third-order valence-corrected chi connectivity index (χ3v) is 3.12. The van der Waals surface area contributed by atoms with Gasteiger partial charge < -0.3 is 10.6 Å². The van der Waals surface area contributed by atoms with Crippen LogP contribution >= 0.6 is 11.6 Å². The Morgan fingerprint density at radius 1 is 1.15 bits per heavy atom. The molecule has 0 saturated carbocycles. The highest BCUT2D eigenvalue weighted by molar-refractivity contribution is 6.29. The molecule has 0 radical (unpaired) electrons. The van der Waals surface area contributed by atoms with E-state index in [1.807, 2.05) is 0 Å². The van der Waals surface area contributed by atoms with Gasteiger partial charge in [0.05, 0.1) is 0 Å². The summed E-state index contributed by atoms with van der Waals surface area (Å²) in [6.07, 6.45) is 5.56. The summed E-state index contributed by atoms with van der Waals surface area (Å²) in [4.78, 5) is 16.2. The zero-order chi connectivity index (χ0) is 14.8. The first-order valence-corrected chi connectivity index (χ1v) is 7.74. The van der Waals surface area contributed by atoms with Crippen molar-refractivity contribution >= 4 is 23.3 Å². The van der Waals surface area contributed by atoms with E-state index in [4.69, 9.17) is 11.6 Å². The maximum atomic E-state index is 12.0. The molecule has 4 nitrogen and oxygen atoms in total. The highest BCUT2D eigenvalue weighted by Crippen LogP contribution is 2.14. The molecule has 0 aliphatic rings. The molecule has 1 aromatic heterocycles. The third kappa shape index (κ3) is 6.24. The van der Waals surface area contributed by atoms with E-state index in [1.165, 1.54) is 12.8 Å². The van der Waals surface area contributed by atoms with Gasteiger partial charge in [0.1, 0.15) is 11.0 Å². The summed E-state index contributed by atoms with van der Waals surface area (Å²) in [5.74, 6) is 0.556. The monoisotopic (exact) mass is 297 g/mol. The quantitative estimate of drug-likeness (QED) is 0.537. The number of nitrogens with one attached hydrogen (secondary N) is 2. The second-order valence-electron chi connectivity index (χ2n) is 4.81. The molecule has 2 N–H and O–H groups in total. The number of carbonyl (C=O) groups is 1. The van der Waals surface area contributed by atoms with Crippen LogP contribution in [0.4, 0.5) is 5.82 Å². The molecule has 1 heterocycles. The van der Waals surface area contributed by atoms with E-state index in [0.717, 1.165) is 25.8 Å². The lowest BCUT2D eigenvalue weighted by atomic mass is 10.2. The van der Waals surface area contributed by atoms with Gasteiger partial charge in [0.25, 0.3) is 5.91 Å². The highest BCUT2D eigenvalue weighted by atomic mass is 35.5. The standard InChI is InChI=1S/C15H24ClN3O/c1-3-5-6-7-9-18-15(20)12-10-13(16)19-14(11-12)17-8-4-2/h10-11H,3-9H2,1-2H3,(H,17,19)(H,18,20). The van der Waals surface area contributed by atoms with E-state index in [1.54, 1.807) is 12.1 Å². The van der Waals surface area contributed by atoms with Crippen molar-refractivity contribution < 1.29 is 4.79 Å². The lowest BCUT2D eigenvalue weighted by Gasteiger charge is -2.08. The molecule has 1 amide bonds. The average molecular weight is 298 g/mol. The van der Waals surface area contributed by atoms with Crippen LogP contribution in [0, 0.1) is 0 Å². The summed E-state index contributed by atoms with van der Waals surface area (Å²) in [6, 6.07) is 3.34. The van der Waals surface area contributed by atoms with Crippen molar-refractivity contribution in [1.29, 1.82) is 0 Å². The fraction of sp³-hybridized carbons (Fsp3) is 0.600. The normalized spacial score (nSPS) is 10.3. The predicted molar refractivity (Wildman–Crippen MR) is 84.5 cm³/mol. The maximum absolute atomic E-state index is 12.0. The molecule has 0 spiro atoms. The zero-order valence-corrected chi connectivity index (χ0v) is 13.1. The maximum Gasteiger partial charge on any atom is 0.251 e. The van der Waals surface area contributed by atoms with E-state index < -0.39 is 0 Å². The molecular weight excluding hydrogens is 274 g/mol. The molecule has 1 aromatic rings. The number of pyridine rings is 1. The van der Waals surface area contributed by atoms with E-state index in [9.17, 15) is 4.79 Å². The minimum absolute atomic E-state index is 0.0923. The molecule has 5 heteroatoms. The summed E-state index contributed by atoms with van der Waals surface area (Å²) < 4.78 is 0. The first-order chi connectivity index (χ1) is 9.67. The van der Waals surface area contributed by atoms with Crippen LogP contribution in [0.2, 0.25) is 5.15 Å². The second kappa shape index (κ2) is 9.59. The number of amides is 1. The molecule has 0 aromatic carbocycles. The van der Waals surface area contributed by atoms with Gasteiger partial charge in [-0.05, 0) is 25.0 Å². The van der Waals surface area contributed by atoms with Crippen molar-refractivity contribution in [2.75, 3.05) is 18.4 Å². The Balaban J connectivity index is 2.51. The SMILES string of the molecule is CCCCCCNC(=O)c1cc(Cl)nc(NCCC)c1. The first-order valence-electron chi connectivity index (χ1n) is 7.37. The molecule has 0 unspecified atom stereocenters. The van der Waals surface area contributed by atoms with Crippen molar-refractivity contribution in [3.8, 4) is 0 Å². The molecule has 0 bridgehead atoms. The van der Waals surface area contributed by atoms with Crippen molar-refractivity contribution in [1.82, 2.24) is 10.3 Å². The van der Waals surface area contributed by atoms with Crippen LogP contribution in [0.5, 0.6) is 0 Å². The smallest absolute Gasteiger partial charge is 0.251 e. The van der Waals surface area contributed by atoms with Gasteiger partial charge in [-0.2, -0.15) is 0 Å². The predicted octanol–water partition coefficient (Wildman–Crippen LogP) is 3.87. The summed E-state index contributed by atoms with van der Waals surface area (Å²) in [5, 5.41) is 6.39. The lowest BCUT2D eigenvalue weighted by molar-refractivity contribution is 0.0953. The van der Waals surface area contributed by atoms with Crippen molar-refractivity contribution in [2.24, 2.45) is 0 Å². The molecule has 0 atom stereocenters. The Labute approximate surface area is 126 Å². The molecule has 112 valence electrons. The molecule has 1 rings (SSSR count). The van der Waals surface area contributed by atoms with Crippen LogP contribution in [0.1, 0.15) is 56.3 Å². The Bertz CT molecular complexity index is 424. The number of hydrogen-bond donors (Lipinski definition) is 2. The average Bonchev–Trinajstić information content (AvgIpc) is 2.44. The van der Waals surface area contributed by atoms with E-state index in [2.05, 4.69) is 29.5 Å². The van der Waals surface area contributed by atoms with Gasteiger partial charge in [-0.3, -0.25) is 4.79 Å². The third-order valence-electron chi connectivity index (χ3n) is 2.93. The Morgan fingerprint density at radius 2 is 1.95 bits per heavy atom. The Hall–Kier alpha value is -1.29. The Kier molecular flexibility index (Phi) is 8.04. The van der Waals surface area contributed by atoms with Crippen molar-refractivity contribution in [3.63, 3.8) is 0 Å². The summed E-state index contributed by atoms with van der Waals surface area (Å²) in [6.45, 7) is 5.76. The van der Waals surface area contributed by atoms with Gasteiger partial charge in [-0.15, -0.1) is 0 Å². The second-order valence-corrected chi connectivity index (χ2v) is 5.19. The summed E-state index contributed by atoms with van der Waals surface area (Å²) in [5.41, 5.74) is 0.555. The minimum Gasteiger partial charge on any atom is -0.370 e. The van der Waals surface area contributed by atoms with Gasteiger partial charge in [0, 0.05) is 18.7 Å². The number of rotatable bonds is 9. The van der Waals surface area contributed by atoms with Gasteiger partial charge in [-0.1, -0.05) is 44.7 Å². The van der Waals surface area contributed by atoms with Crippen LogP contribution in [0.25, 0.3) is 0 Å². The van der Waals surface area contributed by atoms with Crippen molar-refractivity contribution in [3.05, 3.63) is 22.8 Å². The highest BCUT2D eigenvalue weighted by Gasteiger charge is 2.08. The van der Waals surface area contributed by atoms with Crippen LogP contribution in [-0.4, -0.2) is 24.0 Å². The summed E-state index contributed by atoms with van der Waals surface area (Å²) >= 11 is 5.94. The number of hydrogen-bond acceptors (Lipinski definition) is 3. The number of carbonyl (C=O) groups excluding carboxylic acids is 1. The fourth-order valence-corrected chi connectivity index (χ4v) is 2.04. The zero-order valence-electron chi connectivity index (χ0n) is 12.3. The lowest BCUT2D eigenvalue weighted by Crippen LogP contribution is -2.24. The van der Waals surface area contributed by atoms with Crippen LogP contribution < -0.4 is 10.6 Å². The number of nitrogens with zero attached hydrogens (tertiary/aromatic N) is 1. The number of anilines is 1. The van der Waals surface area contributed by atoms with Crippen molar-refractivity contribution in [2.45, 2.75) is 46.0 Å². The van der Waals surface area contributed by atoms with Gasteiger partial charge in [0.2, 0.25) is 0 Å². The Morgan fingerprint density at radius 3 is 2.65 bits per heavy atom.